The Morgan fingerprint density at radius 2 is 1.67 bits per heavy atom. The van der Waals surface area contributed by atoms with Crippen molar-refractivity contribution in [2.45, 2.75) is 28.5 Å². The van der Waals surface area contributed by atoms with Gasteiger partial charge < -0.3 is 10.8 Å². The SMILES string of the molecule is Cc1ccc(C2C(S(=O)(=O)c3ccc(Cl)cc3)C2(N)C(=O)O)cc1. The minimum Gasteiger partial charge on any atom is -0.480 e. The molecule has 0 aliphatic heterocycles. The quantitative estimate of drug-likeness (QED) is 0.866. The molecule has 2 aromatic rings. The highest BCUT2D eigenvalue weighted by Gasteiger charge is 2.74. The first kappa shape index (κ1) is 17.0. The van der Waals surface area contributed by atoms with Crippen LogP contribution in [-0.2, 0) is 14.6 Å². The largest absolute Gasteiger partial charge is 0.480 e. The van der Waals surface area contributed by atoms with Crippen LogP contribution in [0.15, 0.2) is 53.4 Å². The van der Waals surface area contributed by atoms with Crippen LogP contribution in [0.3, 0.4) is 0 Å². The van der Waals surface area contributed by atoms with E-state index in [4.69, 9.17) is 17.3 Å². The Balaban J connectivity index is 2.06. The van der Waals surface area contributed by atoms with Crippen LogP contribution in [-0.4, -0.2) is 30.3 Å². The van der Waals surface area contributed by atoms with Gasteiger partial charge in [0.2, 0.25) is 0 Å². The van der Waals surface area contributed by atoms with E-state index in [9.17, 15) is 18.3 Å². The van der Waals surface area contributed by atoms with Crippen LogP contribution in [0.5, 0.6) is 0 Å². The number of carboxylic acid groups (broad SMARTS) is 1. The lowest BCUT2D eigenvalue weighted by Crippen LogP contribution is -2.39. The molecule has 0 spiro atoms. The molecule has 1 aliphatic carbocycles. The number of sulfone groups is 1. The Labute approximate surface area is 145 Å². The Morgan fingerprint density at radius 1 is 1.12 bits per heavy atom. The highest BCUT2D eigenvalue weighted by molar-refractivity contribution is 7.92. The molecule has 0 radical (unpaired) electrons. The van der Waals surface area contributed by atoms with E-state index in [1.807, 2.05) is 19.1 Å². The molecule has 0 heterocycles. The summed E-state index contributed by atoms with van der Waals surface area (Å²) in [6.07, 6.45) is 0. The van der Waals surface area contributed by atoms with E-state index in [0.29, 0.717) is 10.6 Å². The Morgan fingerprint density at radius 3 is 2.17 bits per heavy atom. The van der Waals surface area contributed by atoms with Gasteiger partial charge in [-0.2, -0.15) is 0 Å². The fourth-order valence-corrected chi connectivity index (χ4v) is 5.42. The van der Waals surface area contributed by atoms with Crippen LogP contribution in [0.4, 0.5) is 0 Å². The number of rotatable bonds is 4. The molecule has 126 valence electrons. The summed E-state index contributed by atoms with van der Waals surface area (Å²) in [5.41, 5.74) is 5.76. The van der Waals surface area contributed by atoms with E-state index in [0.717, 1.165) is 5.56 Å². The van der Waals surface area contributed by atoms with E-state index >= 15 is 0 Å². The second-order valence-electron chi connectivity index (χ2n) is 6.05. The predicted molar refractivity (Wildman–Crippen MR) is 90.9 cm³/mol. The van der Waals surface area contributed by atoms with E-state index in [2.05, 4.69) is 0 Å². The third-order valence-corrected chi connectivity index (χ3v) is 6.97. The number of hydrogen-bond acceptors (Lipinski definition) is 4. The number of halogens is 1. The van der Waals surface area contributed by atoms with Gasteiger partial charge in [-0.05, 0) is 36.8 Å². The van der Waals surface area contributed by atoms with Crippen molar-refractivity contribution in [3.63, 3.8) is 0 Å². The topological polar surface area (TPSA) is 97.5 Å². The molecule has 0 bridgehead atoms. The van der Waals surface area contributed by atoms with Crippen LogP contribution in [0.2, 0.25) is 5.02 Å². The highest BCUT2D eigenvalue weighted by atomic mass is 35.5. The summed E-state index contributed by atoms with van der Waals surface area (Å²) in [6.45, 7) is 1.89. The van der Waals surface area contributed by atoms with Crippen molar-refractivity contribution in [1.82, 2.24) is 0 Å². The number of carbonyl (C=O) groups is 1. The standard InChI is InChI=1S/C17H16ClNO4S/c1-10-2-4-11(5-3-10)14-15(17(14,19)16(20)21)24(22,23)13-8-6-12(18)7-9-13/h2-9,14-15H,19H2,1H3,(H,20,21). The molecule has 2 aromatic carbocycles. The van der Waals surface area contributed by atoms with E-state index in [1.165, 1.54) is 24.3 Å². The van der Waals surface area contributed by atoms with Crippen LogP contribution in [0, 0.1) is 6.92 Å². The fourth-order valence-electron chi connectivity index (χ4n) is 3.06. The summed E-state index contributed by atoms with van der Waals surface area (Å²) >= 11 is 5.79. The number of hydrogen-bond donors (Lipinski definition) is 2. The second-order valence-corrected chi connectivity index (χ2v) is 8.55. The zero-order chi connectivity index (χ0) is 17.7. The van der Waals surface area contributed by atoms with Gasteiger partial charge >= 0.3 is 5.97 Å². The molecule has 1 aliphatic rings. The molecule has 0 saturated heterocycles. The first-order valence-electron chi connectivity index (χ1n) is 7.27. The maximum atomic E-state index is 12.9. The third-order valence-electron chi connectivity index (χ3n) is 4.46. The Bertz CT molecular complexity index is 893. The molecule has 3 rings (SSSR count). The van der Waals surface area contributed by atoms with Crippen molar-refractivity contribution < 1.29 is 18.3 Å². The number of aryl methyl sites for hydroxylation is 1. The molecule has 3 N–H and O–H groups in total. The summed E-state index contributed by atoms with van der Waals surface area (Å²) in [7, 11) is -3.91. The lowest BCUT2D eigenvalue weighted by Gasteiger charge is -2.07. The van der Waals surface area contributed by atoms with Gasteiger partial charge in [-0.3, -0.25) is 4.79 Å². The lowest BCUT2D eigenvalue weighted by molar-refractivity contribution is -0.139. The number of aliphatic carboxylic acids is 1. The first-order chi connectivity index (χ1) is 11.2. The zero-order valence-electron chi connectivity index (χ0n) is 12.8. The average molecular weight is 366 g/mol. The molecule has 0 aromatic heterocycles. The van der Waals surface area contributed by atoms with Crippen LogP contribution in [0.25, 0.3) is 0 Å². The number of carboxylic acids is 1. The minimum absolute atomic E-state index is 0.0163. The summed E-state index contributed by atoms with van der Waals surface area (Å²) in [4.78, 5) is 11.7. The minimum atomic E-state index is -3.91. The van der Waals surface area contributed by atoms with E-state index < -0.39 is 32.5 Å². The molecule has 24 heavy (non-hydrogen) atoms. The maximum Gasteiger partial charge on any atom is 0.325 e. The molecule has 1 fully saturated rings. The van der Waals surface area contributed by atoms with Crippen LogP contribution < -0.4 is 5.73 Å². The van der Waals surface area contributed by atoms with Crippen molar-refractivity contribution in [1.29, 1.82) is 0 Å². The summed E-state index contributed by atoms with van der Waals surface area (Å²) in [6, 6.07) is 12.7. The van der Waals surface area contributed by atoms with Crippen molar-refractivity contribution in [3.05, 3.63) is 64.7 Å². The van der Waals surface area contributed by atoms with Gasteiger partial charge in [0.05, 0.1) is 4.90 Å². The average Bonchev–Trinajstić information content (AvgIpc) is 3.17. The third kappa shape index (κ3) is 2.51. The normalized spacial score (nSPS) is 26.1. The molecule has 5 nitrogen and oxygen atoms in total. The van der Waals surface area contributed by atoms with Crippen molar-refractivity contribution >= 4 is 27.4 Å². The molecular weight excluding hydrogens is 350 g/mol. The first-order valence-corrected chi connectivity index (χ1v) is 9.19. The van der Waals surface area contributed by atoms with Gasteiger partial charge in [0.1, 0.15) is 10.8 Å². The van der Waals surface area contributed by atoms with Crippen LogP contribution in [0.1, 0.15) is 17.0 Å². The number of nitrogens with two attached hydrogens (primary N) is 1. The van der Waals surface area contributed by atoms with Crippen LogP contribution >= 0.6 is 11.6 Å². The second kappa shape index (κ2) is 5.58. The Kier molecular flexibility index (Phi) is 3.94. The monoisotopic (exact) mass is 365 g/mol. The van der Waals surface area contributed by atoms with Gasteiger partial charge in [-0.25, -0.2) is 8.42 Å². The van der Waals surface area contributed by atoms with Crippen molar-refractivity contribution in [2.75, 3.05) is 0 Å². The van der Waals surface area contributed by atoms with Gasteiger partial charge in [-0.1, -0.05) is 41.4 Å². The fraction of sp³-hybridized carbons (Fsp3) is 0.235. The van der Waals surface area contributed by atoms with Gasteiger partial charge in [0.15, 0.2) is 9.84 Å². The van der Waals surface area contributed by atoms with Crippen molar-refractivity contribution in [2.24, 2.45) is 5.73 Å². The summed E-state index contributed by atoms with van der Waals surface area (Å²) in [5, 5.41) is 8.70. The summed E-state index contributed by atoms with van der Waals surface area (Å²) in [5.74, 6) is -2.12. The van der Waals surface area contributed by atoms with E-state index in [-0.39, 0.29) is 4.90 Å². The molecule has 1 saturated carbocycles. The maximum absolute atomic E-state index is 12.9. The molecule has 0 amide bonds. The molecule has 7 heteroatoms. The Hall–Kier alpha value is -1.89. The van der Waals surface area contributed by atoms with Gasteiger partial charge in [0, 0.05) is 10.9 Å². The zero-order valence-corrected chi connectivity index (χ0v) is 14.4. The van der Waals surface area contributed by atoms with Gasteiger partial charge in [-0.15, -0.1) is 0 Å². The number of benzene rings is 2. The smallest absolute Gasteiger partial charge is 0.325 e. The predicted octanol–water partition coefficient (Wildman–Crippen LogP) is 2.37. The van der Waals surface area contributed by atoms with Gasteiger partial charge in [0.25, 0.3) is 0 Å². The molecule has 3 atom stereocenters. The molecule has 3 unspecified atom stereocenters. The highest BCUT2D eigenvalue weighted by Crippen LogP contribution is 2.55. The van der Waals surface area contributed by atoms with E-state index in [1.54, 1.807) is 12.1 Å². The summed E-state index contributed by atoms with van der Waals surface area (Å²) < 4.78 is 25.8. The van der Waals surface area contributed by atoms with Crippen molar-refractivity contribution in [3.8, 4) is 0 Å². The molecular formula is C17H16ClNO4S. The lowest BCUT2D eigenvalue weighted by atomic mass is 10.1.